The maximum atomic E-state index is 13.4. The van der Waals surface area contributed by atoms with Crippen LogP contribution in [-0.2, 0) is 16.6 Å². The van der Waals surface area contributed by atoms with Crippen LogP contribution in [-0.4, -0.2) is 30.3 Å². The number of amides is 1. The Morgan fingerprint density at radius 2 is 1.59 bits per heavy atom. The fourth-order valence-electron chi connectivity index (χ4n) is 3.17. The van der Waals surface area contributed by atoms with E-state index in [1.54, 1.807) is 90.6 Å². The normalized spacial score (nSPS) is 11.2. The number of carbonyl (C=O) groups excluding carboxylic acids is 1. The number of para-hydroxylation sites is 1. The number of rotatable bonds is 9. The number of nitrogens with one attached hydrogen (secondary N) is 1. The molecule has 0 saturated heterocycles. The van der Waals surface area contributed by atoms with E-state index in [9.17, 15) is 13.2 Å². The number of hydrogen-bond acceptors (Lipinski definition) is 7. The second kappa shape index (κ2) is 10.8. The van der Waals surface area contributed by atoms with Gasteiger partial charge in [0.2, 0.25) is 5.13 Å². The lowest BCUT2D eigenvalue weighted by molar-refractivity contribution is 0.102. The molecule has 34 heavy (non-hydrogen) atoms. The van der Waals surface area contributed by atoms with Gasteiger partial charge in [-0.05, 0) is 47.7 Å². The van der Waals surface area contributed by atoms with Crippen molar-refractivity contribution in [1.29, 1.82) is 0 Å². The maximum Gasteiger partial charge on any atom is 0.264 e. The Bertz CT molecular complexity index is 1340. The maximum absolute atomic E-state index is 13.4. The summed E-state index contributed by atoms with van der Waals surface area (Å²) < 4.78 is 29.0. The Morgan fingerprint density at radius 1 is 0.941 bits per heavy atom. The predicted octanol–water partition coefficient (Wildman–Crippen LogP) is 5.30. The molecule has 1 amide bonds. The third-order valence-corrected chi connectivity index (χ3v) is 8.45. The lowest BCUT2D eigenvalue weighted by Gasteiger charge is -2.24. The number of anilines is 2. The number of benzene rings is 3. The van der Waals surface area contributed by atoms with Crippen molar-refractivity contribution in [3.05, 3.63) is 96.1 Å². The summed E-state index contributed by atoms with van der Waals surface area (Å²) in [7, 11) is -3.78. The van der Waals surface area contributed by atoms with E-state index in [1.165, 1.54) is 15.6 Å². The zero-order chi connectivity index (χ0) is 24.0. The van der Waals surface area contributed by atoms with Crippen LogP contribution >= 0.6 is 23.1 Å². The minimum atomic E-state index is -3.78. The van der Waals surface area contributed by atoms with Crippen LogP contribution in [0.1, 0.15) is 22.8 Å². The quantitative estimate of drug-likeness (QED) is 0.243. The van der Waals surface area contributed by atoms with E-state index in [2.05, 4.69) is 15.5 Å². The summed E-state index contributed by atoms with van der Waals surface area (Å²) in [5.74, 6) is 0.580. The van der Waals surface area contributed by atoms with E-state index in [0.717, 1.165) is 15.7 Å². The Balaban J connectivity index is 1.54. The van der Waals surface area contributed by atoms with E-state index < -0.39 is 10.0 Å². The van der Waals surface area contributed by atoms with Crippen LogP contribution in [0.15, 0.2) is 94.2 Å². The van der Waals surface area contributed by atoms with Crippen molar-refractivity contribution in [2.24, 2.45) is 0 Å². The fraction of sp³-hybridized carbons (Fsp3) is 0.125. The lowest BCUT2D eigenvalue weighted by Crippen LogP contribution is -2.30. The third kappa shape index (κ3) is 5.64. The van der Waals surface area contributed by atoms with Gasteiger partial charge < -0.3 is 0 Å². The molecule has 0 aliphatic carbocycles. The first-order valence-electron chi connectivity index (χ1n) is 10.5. The van der Waals surface area contributed by atoms with Crippen LogP contribution in [0.5, 0.6) is 0 Å². The standard InChI is InChI=1S/C24H22N4O3S3/c1-2-32-24-27-26-23(33-24)25-22(29)19-15-13-18(14-16-19)17-28(20-9-5-3-6-10-20)34(30,31)21-11-7-4-8-12-21/h3-16H,2,17H2,1H3,(H,25,26,29). The monoisotopic (exact) mass is 510 g/mol. The van der Waals surface area contributed by atoms with Crippen molar-refractivity contribution in [2.75, 3.05) is 15.4 Å². The molecule has 0 bridgehead atoms. The van der Waals surface area contributed by atoms with Gasteiger partial charge in [0.05, 0.1) is 17.1 Å². The van der Waals surface area contributed by atoms with Crippen LogP contribution in [0.4, 0.5) is 10.8 Å². The van der Waals surface area contributed by atoms with Crippen LogP contribution in [0.3, 0.4) is 0 Å². The van der Waals surface area contributed by atoms with Gasteiger partial charge in [-0.1, -0.05) is 78.6 Å². The highest BCUT2D eigenvalue weighted by atomic mass is 32.2. The molecule has 4 rings (SSSR count). The first-order valence-corrected chi connectivity index (χ1v) is 13.7. The van der Waals surface area contributed by atoms with Crippen molar-refractivity contribution in [3.63, 3.8) is 0 Å². The molecule has 1 aromatic heterocycles. The molecule has 0 fully saturated rings. The second-order valence-electron chi connectivity index (χ2n) is 7.12. The molecule has 4 aromatic rings. The van der Waals surface area contributed by atoms with Crippen molar-refractivity contribution < 1.29 is 13.2 Å². The summed E-state index contributed by atoms with van der Waals surface area (Å²) in [5.41, 5.74) is 1.75. The van der Waals surface area contributed by atoms with Crippen LogP contribution < -0.4 is 9.62 Å². The number of nitrogens with zero attached hydrogens (tertiary/aromatic N) is 3. The Labute approximate surface area is 206 Å². The number of aromatic nitrogens is 2. The Hall–Kier alpha value is -3.21. The summed E-state index contributed by atoms with van der Waals surface area (Å²) in [4.78, 5) is 12.8. The first-order chi connectivity index (χ1) is 16.5. The molecule has 7 nitrogen and oxygen atoms in total. The van der Waals surface area contributed by atoms with E-state index in [-0.39, 0.29) is 17.3 Å². The van der Waals surface area contributed by atoms with E-state index >= 15 is 0 Å². The number of carbonyl (C=O) groups is 1. The number of hydrogen-bond donors (Lipinski definition) is 1. The Morgan fingerprint density at radius 3 is 2.24 bits per heavy atom. The smallest absolute Gasteiger partial charge is 0.264 e. The Kier molecular flexibility index (Phi) is 7.61. The lowest BCUT2D eigenvalue weighted by atomic mass is 10.1. The van der Waals surface area contributed by atoms with Gasteiger partial charge in [-0.3, -0.25) is 14.4 Å². The molecular weight excluding hydrogens is 488 g/mol. The molecule has 0 aliphatic rings. The first kappa shape index (κ1) is 23.9. The van der Waals surface area contributed by atoms with Gasteiger partial charge in [-0.25, -0.2) is 8.42 Å². The molecule has 0 unspecified atom stereocenters. The van der Waals surface area contributed by atoms with Gasteiger partial charge in [-0.2, -0.15) is 0 Å². The third-order valence-electron chi connectivity index (χ3n) is 4.81. The van der Waals surface area contributed by atoms with Crippen molar-refractivity contribution in [2.45, 2.75) is 22.7 Å². The molecule has 0 radical (unpaired) electrons. The zero-order valence-electron chi connectivity index (χ0n) is 18.3. The van der Waals surface area contributed by atoms with Gasteiger partial charge in [0.25, 0.3) is 15.9 Å². The molecule has 0 spiro atoms. The predicted molar refractivity (Wildman–Crippen MR) is 137 cm³/mol. The highest BCUT2D eigenvalue weighted by molar-refractivity contribution is 8.01. The van der Waals surface area contributed by atoms with Gasteiger partial charge in [0, 0.05) is 5.56 Å². The second-order valence-corrected chi connectivity index (χ2v) is 11.5. The van der Waals surface area contributed by atoms with E-state index in [0.29, 0.717) is 16.4 Å². The number of thioether (sulfide) groups is 1. The molecule has 0 aliphatic heterocycles. The molecule has 174 valence electrons. The van der Waals surface area contributed by atoms with Gasteiger partial charge >= 0.3 is 0 Å². The summed E-state index contributed by atoms with van der Waals surface area (Å²) >= 11 is 2.89. The highest BCUT2D eigenvalue weighted by Gasteiger charge is 2.25. The van der Waals surface area contributed by atoms with Crippen molar-refractivity contribution in [1.82, 2.24) is 10.2 Å². The molecule has 0 atom stereocenters. The van der Waals surface area contributed by atoms with Crippen molar-refractivity contribution >= 4 is 49.8 Å². The minimum absolute atomic E-state index is 0.122. The average molecular weight is 511 g/mol. The molecule has 3 aromatic carbocycles. The van der Waals surface area contributed by atoms with E-state index in [4.69, 9.17) is 0 Å². The fourth-order valence-corrected chi connectivity index (χ4v) is 6.29. The molecule has 1 N–H and O–H groups in total. The zero-order valence-corrected chi connectivity index (χ0v) is 20.7. The van der Waals surface area contributed by atoms with Gasteiger partial charge in [-0.15, -0.1) is 10.2 Å². The van der Waals surface area contributed by atoms with Gasteiger partial charge in [0.15, 0.2) is 4.34 Å². The van der Waals surface area contributed by atoms with Crippen LogP contribution in [0.25, 0.3) is 0 Å². The molecular formula is C24H22N4O3S3. The summed E-state index contributed by atoms with van der Waals surface area (Å²) in [6.07, 6.45) is 0. The number of sulfonamides is 1. The largest absolute Gasteiger partial charge is 0.296 e. The average Bonchev–Trinajstić information content (AvgIpc) is 3.31. The molecule has 0 saturated carbocycles. The topological polar surface area (TPSA) is 92.3 Å². The van der Waals surface area contributed by atoms with Crippen LogP contribution in [0.2, 0.25) is 0 Å². The summed E-state index contributed by atoms with van der Waals surface area (Å²) in [5, 5.41) is 11.2. The summed E-state index contributed by atoms with van der Waals surface area (Å²) in [6.45, 7) is 2.15. The van der Waals surface area contributed by atoms with E-state index in [1.807, 2.05) is 13.0 Å². The molecule has 1 heterocycles. The SMILES string of the molecule is CCSc1nnc(NC(=O)c2ccc(CN(c3ccccc3)S(=O)(=O)c3ccccc3)cc2)s1. The van der Waals surface area contributed by atoms with Crippen LogP contribution in [0, 0.1) is 0 Å². The van der Waals surface area contributed by atoms with Crippen molar-refractivity contribution in [3.8, 4) is 0 Å². The van der Waals surface area contributed by atoms with Gasteiger partial charge in [0.1, 0.15) is 0 Å². The molecule has 10 heteroatoms. The minimum Gasteiger partial charge on any atom is -0.296 e. The summed E-state index contributed by atoms with van der Waals surface area (Å²) in [6, 6.07) is 24.1. The highest BCUT2D eigenvalue weighted by Crippen LogP contribution is 2.27.